The second-order valence-corrected chi connectivity index (χ2v) is 4.01. The lowest BCUT2D eigenvalue weighted by atomic mass is 10.1. The minimum absolute atomic E-state index is 0.404. The molecule has 1 saturated heterocycles. The summed E-state index contributed by atoms with van der Waals surface area (Å²) in [5.74, 6) is 1.52. The summed E-state index contributed by atoms with van der Waals surface area (Å²) >= 11 is 5.61. The van der Waals surface area contributed by atoms with Gasteiger partial charge in [-0.2, -0.15) is 0 Å². The Labute approximate surface area is 99.9 Å². The summed E-state index contributed by atoms with van der Waals surface area (Å²) in [7, 11) is 1.61. The Kier molecular flexibility index (Phi) is 3.79. The molecule has 1 fully saturated rings. The molecule has 0 amide bonds. The minimum Gasteiger partial charge on any atom is -0.481 e. The Bertz CT molecular complexity index is 341. The third-order valence-corrected chi connectivity index (χ3v) is 3.12. The molecule has 2 heterocycles. The summed E-state index contributed by atoms with van der Waals surface area (Å²) in [6, 6.07) is 2.26. The van der Waals surface area contributed by atoms with Gasteiger partial charge in [-0.05, 0) is 24.6 Å². The van der Waals surface area contributed by atoms with E-state index < -0.39 is 0 Å². The van der Waals surface area contributed by atoms with E-state index in [-0.39, 0.29) is 0 Å². The molecular weight excluding hydrogens is 228 g/mol. The normalized spacial score (nSPS) is 17.5. The first-order chi connectivity index (χ1) is 7.83. The first-order valence-corrected chi connectivity index (χ1v) is 5.68. The van der Waals surface area contributed by atoms with Crippen molar-refractivity contribution in [2.24, 2.45) is 0 Å². The fraction of sp³-hybridized carbons (Fsp3) is 0.600. The molecule has 0 aromatic carbocycles. The first-order valence-electron chi connectivity index (χ1n) is 5.30. The van der Waals surface area contributed by atoms with Crippen molar-refractivity contribution in [3.8, 4) is 5.88 Å². The number of piperidine rings is 1. The van der Waals surface area contributed by atoms with Crippen LogP contribution in [0, 0.1) is 0 Å². The molecule has 0 radical (unpaired) electrons. The molecule has 1 aliphatic heterocycles. The van der Waals surface area contributed by atoms with Crippen molar-refractivity contribution in [2.75, 3.05) is 25.1 Å². The van der Waals surface area contributed by atoms with E-state index in [0.29, 0.717) is 11.9 Å². The van der Waals surface area contributed by atoms with Crippen molar-refractivity contribution in [2.45, 2.75) is 18.9 Å². The molecule has 0 saturated carbocycles. The summed E-state index contributed by atoms with van der Waals surface area (Å²) in [5.41, 5.74) is 0. The summed E-state index contributed by atoms with van der Waals surface area (Å²) in [5, 5.41) is 0. The van der Waals surface area contributed by atoms with Crippen LogP contribution in [0.4, 0.5) is 5.82 Å². The SMILES string of the molecule is COc1cc(N2CCC(NCl)CC2)ncn1. The third-order valence-electron chi connectivity index (χ3n) is 2.81. The molecule has 1 aromatic heterocycles. The highest BCUT2D eigenvalue weighted by atomic mass is 35.5. The van der Waals surface area contributed by atoms with Gasteiger partial charge in [0.1, 0.15) is 12.1 Å². The molecule has 6 heteroatoms. The highest BCUT2D eigenvalue weighted by Crippen LogP contribution is 2.20. The van der Waals surface area contributed by atoms with Gasteiger partial charge in [0.15, 0.2) is 0 Å². The molecule has 0 aliphatic carbocycles. The van der Waals surface area contributed by atoms with Crippen LogP contribution in [0.25, 0.3) is 0 Å². The van der Waals surface area contributed by atoms with Crippen LogP contribution < -0.4 is 14.5 Å². The molecule has 1 aromatic rings. The van der Waals surface area contributed by atoms with Gasteiger partial charge in [-0.3, -0.25) is 0 Å². The van der Waals surface area contributed by atoms with Gasteiger partial charge in [0, 0.05) is 25.2 Å². The number of rotatable bonds is 3. The van der Waals surface area contributed by atoms with E-state index in [1.165, 1.54) is 6.33 Å². The number of nitrogens with one attached hydrogen (secondary N) is 1. The number of ether oxygens (including phenoxy) is 1. The maximum absolute atomic E-state index is 5.61. The second kappa shape index (κ2) is 5.32. The molecule has 5 nitrogen and oxygen atoms in total. The molecule has 1 aliphatic rings. The van der Waals surface area contributed by atoms with E-state index in [1.807, 2.05) is 6.07 Å². The first kappa shape index (κ1) is 11.4. The van der Waals surface area contributed by atoms with E-state index in [1.54, 1.807) is 7.11 Å². The van der Waals surface area contributed by atoms with Crippen molar-refractivity contribution in [3.05, 3.63) is 12.4 Å². The summed E-state index contributed by atoms with van der Waals surface area (Å²) in [4.78, 5) is 13.2. The Balaban J connectivity index is 2.02. The minimum atomic E-state index is 0.404. The number of anilines is 1. The van der Waals surface area contributed by atoms with Crippen LogP contribution in [0.2, 0.25) is 0 Å². The Morgan fingerprint density at radius 2 is 2.19 bits per heavy atom. The molecule has 0 atom stereocenters. The van der Waals surface area contributed by atoms with Crippen LogP contribution in [0.3, 0.4) is 0 Å². The van der Waals surface area contributed by atoms with Gasteiger partial charge in [0.05, 0.1) is 7.11 Å². The zero-order chi connectivity index (χ0) is 11.4. The maximum atomic E-state index is 5.61. The zero-order valence-corrected chi connectivity index (χ0v) is 9.94. The molecule has 0 unspecified atom stereocenters. The van der Waals surface area contributed by atoms with Gasteiger partial charge >= 0.3 is 0 Å². The maximum Gasteiger partial charge on any atom is 0.218 e. The predicted octanol–water partition coefficient (Wildman–Crippen LogP) is 1.20. The second-order valence-electron chi connectivity index (χ2n) is 3.79. The zero-order valence-electron chi connectivity index (χ0n) is 9.19. The highest BCUT2D eigenvalue weighted by molar-refractivity contribution is 6.13. The molecule has 16 heavy (non-hydrogen) atoms. The van der Waals surface area contributed by atoms with Crippen LogP contribution >= 0.6 is 11.8 Å². The number of halogens is 1. The Morgan fingerprint density at radius 1 is 1.44 bits per heavy atom. The van der Waals surface area contributed by atoms with Gasteiger partial charge in [0.25, 0.3) is 0 Å². The lowest BCUT2D eigenvalue weighted by Gasteiger charge is -2.31. The van der Waals surface area contributed by atoms with Crippen LogP contribution in [-0.4, -0.2) is 36.2 Å². The highest BCUT2D eigenvalue weighted by Gasteiger charge is 2.19. The fourth-order valence-corrected chi connectivity index (χ4v) is 2.05. The van der Waals surface area contributed by atoms with Crippen LogP contribution in [0.5, 0.6) is 5.88 Å². The van der Waals surface area contributed by atoms with E-state index in [4.69, 9.17) is 16.5 Å². The Morgan fingerprint density at radius 3 is 2.81 bits per heavy atom. The van der Waals surface area contributed by atoms with Gasteiger partial charge in [-0.25, -0.2) is 14.8 Å². The van der Waals surface area contributed by atoms with E-state index in [2.05, 4.69) is 19.7 Å². The molecule has 1 N–H and O–H groups in total. The van der Waals surface area contributed by atoms with Crippen LogP contribution in [-0.2, 0) is 0 Å². The fourth-order valence-electron chi connectivity index (χ4n) is 1.83. The molecule has 2 rings (SSSR count). The number of aromatic nitrogens is 2. The molecule has 0 spiro atoms. The average Bonchev–Trinajstić information content (AvgIpc) is 2.39. The lowest BCUT2D eigenvalue weighted by molar-refractivity contribution is 0.396. The van der Waals surface area contributed by atoms with Gasteiger partial charge in [0.2, 0.25) is 5.88 Å². The van der Waals surface area contributed by atoms with Crippen LogP contribution in [0.1, 0.15) is 12.8 Å². The van der Waals surface area contributed by atoms with Crippen molar-refractivity contribution in [1.29, 1.82) is 0 Å². The standard InChI is InChI=1S/C10H15ClN4O/c1-16-10-6-9(12-7-13-10)15-4-2-8(14-11)3-5-15/h6-8,14H,2-5H2,1H3. The lowest BCUT2D eigenvalue weighted by Crippen LogP contribution is -2.40. The van der Waals surface area contributed by atoms with E-state index in [9.17, 15) is 0 Å². The molecule has 88 valence electrons. The van der Waals surface area contributed by atoms with Crippen molar-refractivity contribution in [3.63, 3.8) is 0 Å². The predicted molar refractivity (Wildman–Crippen MR) is 62.8 cm³/mol. The number of hydrogen-bond donors (Lipinski definition) is 1. The third kappa shape index (κ3) is 2.54. The van der Waals surface area contributed by atoms with Gasteiger partial charge < -0.3 is 9.64 Å². The quantitative estimate of drug-likeness (QED) is 0.808. The van der Waals surface area contributed by atoms with Gasteiger partial charge in [-0.1, -0.05) is 0 Å². The average molecular weight is 243 g/mol. The smallest absolute Gasteiger partial charge is 0.218 e. The van der Waals surface area contributed by atoms with Gasteiger partial charge in [-0.15, -0.1) is 0 Å². The number of hydrogen-bond acceptors (Lipinski definition) is 5. The van der Waals surface area contributed by atoms with Crippen molar-refractivity contribution >= 4 is 17.6 Å². The topological polar surface area (TPSA) is 50.3 Å². The molecule has 0 bridgehead atoms. The van der Waals surface area contributed by atoms with E-state index >= 15 is 0 Å². The van der Waals surface area contributed by atoms with E-state index in [0.717, 1.165) is 31.7 Å². The number of methoxy groups -OCH3 is 1. The summed E-state index contributed by atoms with van der Waals surface area (Å²) < 4.78 is 5.08. The number of nitrogens with zero attached hydrogens (tertiary/aromatic N) is 3. The van der Waals surface area contributed by atoms with Crippen LogP contribution in [0.15, 0.2) is 12.4 Å². The monoisotopic (exact) mass is 242 g/mol. The largest absolute Gasteiger partial charge is 0.481 e. The Hall–Kier alpha value is -1.07. The summed E-state index contributed by atoms with van der Waals surface area (Å²) in [6.07, 6.45) is 3.58. The summed E-state index contributed by atoms with van der Waals surface area (Å²) in [6.45, 7) is 1.90. The van der Waals surface area contributed by atoms with Crippen molar-refractivity contribution in [1.82, 2.24) is 14.8 Å². The van der Waals surface area contributed by atoms with Crippen molar-refractivity contribution < 1.29 is 4.74 Å². The molecular formula is C10H15ClN4O.